The van der Waals surface area contributed by atoms with Gasteiger partial charge in [0.15, 0.2) is 11.5 Å². The van der Waals surface area contributed by atoms with Crippen LogP contribution in [-0.2, 0) is 9.59 Å². The van der Waals surface area contributed by atoms with Crippen LogP contribution in [0, 0.1) is 0 Å². The molecule has 2 aliphatic rings. The Morgan fingerprint density at radius 2 is 1.53 bits per heavy atom. The molecule has 168 valence electrons. The van der Waals surface area contributed by atoms with Gasteiger partial charge in [0.25, 0.3) is 5.91 Å². The van der Waals surface area contributed by atoms with Crippen molar-refractivity contribution in [3.05, 3.63) is 47.5 Å². The zero-order valence-electron chi connectivity index (χ0n) is 18.3. The maximum Gasteiger partial charge on any atom is 0.254 e. The Kier molecular flexibility index (Phi) is 6.30. The van der Waals surface area contributed by atoms with Crippen molar-refractivity contribution in [2.45, 2.75) is 39.2 Å². The average molecular weight is 437 g/mol. The number of anilines is 2. The molecule has 8 nitrogen and oxygen atoms in total. The summed E-state index contributed by atoms with van der Waals surface area (Å²) < 4.78 is 11.6. The summed E-state index contributed by atoms with van der Waals surface area (Å²) in [5.41, 5.74) is 2.32. The van der Waals surface area contributed by atoms with Crippen molar-refractivity contribution in [3.8, 4) is 11.5 Å². The third-order valence-corrected chi connectivity index (χ3v) is 5.49. The first kappa shape index (κ1) is 21.7. The molecule has 0 unspecified atom stereocenters. The number of ether oxygens (including phenoxy) is 2. The average Bonchev–Trinajstić information content (AvgIpc) is 3.10. The first-order valence-corrected chi connectivity index (χ1v) is 10.8. The number of hydrogen-bond acceptors (Lipinski definition) is 5. The summed E-state index contributed by atoms with van der Waals surface area (Å²) in [6.07, 6.45) is 2.56. The molecule has 0 saturated carbocycles. The lowest BCUT2D eigenvalue weighted by Gasteiger charge is -2.26. The molecule has 8 heteroatoms. The molecule has 2 aromatic rings. The van der Waals surface area contributed by atoms with Gasteiger partial charge in [0.05, 0.1) is 19.3 Å². The minimum atomic E-state index is -0.255. The fraction of sp³-hybridized carbons (Fsp3) is 0.375. The summed E-state index contributed by atoms with van der Waals surface area (Å²) in [4.78, 5) is 38.4. The topological polar surface area (TPSA) is 97.0 Å². The van der Waals surface area contributed by atoms with Crippen molar-refractivity contribution in [1.82, 2.24) is 4.90 Å². The predicted octanol–water partition coefficient (Wildman–Crippen LogP) is 3.74. The Labute approximate surface area is 186 Å². The lowest BCUT2D eigenvalue weighted by atomic mass is 10.0. The zero-order valence-corrected chi connectivity index (χ0v) is 18.3. The van der Waals surface area contributed by atoms with Gasteiger partial charge >= 0.3 is 0 Å². The van der Waals surface area contributed by atoms with Gasteiger partial charge in [-0.1, -0.05) is 6.07 Å². The monoisotopic (exact) mass is 437 g/mol. The molecule has 4 rings (SSSR count). The van der Waals surface area contributed by atoms with Gasteiger partial charge in [-0.2, -0.15) is 0 Å². The van der Waals surface area contributed by atoms with Gasteiger partial charge in [-0.25, -0.2) is 0 Å². The summed E-state index contributed by atoms with van der Waals surface area (Å²) in [6, 6.07) is 10.7. The van der Waals surface area contributed by atoms with E-state index in [1.165, 1.54) is 13.8 Å². The molecule has 2 aromatic carbocycles. The molecule has 0 radical (unpaired) electrons. The van der Waals surface area contributed by atoms with Gasteiger partial charge in [0, 0.05) is 43.8 Å². The maximum absolute atomic E-state index is 13.5. The molecule has 3 amide bonds. The van der Waals surface area contributed by atoms with E-state index in [2.05, 4.69) is 10.6 Å². The van der Waals surface area contributed by atoms with Crippen LogP contribution in [0.5, 0.6) is 11.5 Å². The van der Waals surface area contributed by atoms with E-state index in [1.54, 1.807) is 18.2 Å². The molecule has 0 bridgehead atoms. The maximum atomic E-state index is 13.5. The summed E-state index contributed by atoms with van der Waals surface area (Å²) in [5.74, 6) is 0.771. The SMILES string of the molecule is CC(=O)Nc1cc(NC(C)=O)cc(C(=O)N2CCC[C@H]2c2ccc3c(c2)OCCCO3)c1. The molecule has 0 aromatic heterocycles. The van der Waals surface area contributed by atoms with Crippen molar-refractivity contribution in [2.24, 2.45) is 0 Å². The van der Waals surface area contributed by atoms with Crippen LogP contribution in [0.2, 0.25) is 0 Å². The minimum absolute atomic E-state index is 0.0895. The number of nitrogens with one attached hydrogen (secondary N) is 2. The van der Waals surface area contributed by atoms with Crippen LogP contribution in [0.3, 0.4) is 0 Å². The lowest BCUT2D eigenvalue weighted by molar-refractivity contribution is -0.115. The Bertz CT molecular complexity index is 1020. The predicted molar refractivity (Wildman–Crippen MR) is 120 cm³/mol. The highest BCUT2D eigenvalue weighted by molar-refractivity contribution is 6.00. The number of amides is 3. The third kappa shape index (κ3) is 4.85. The van der Waals surface area contributed by atoms with Gasteiger partial charge in [0.1, 0.15) is 0 Å². The Hall–Kier alpha value is -3.55. The summed E-state index contributed by atoms with van der Waals surface area (Å²) in [6.45, 7) is 4.64. The molecule has 1 atom stereocenters. The Morgan fingerprint density at radius 1 is 0.875 bits per heavy atom. The van der Waals surface area contributed by atoms with Crippen molar-refractivity contribution in [1.29, 1.82) is 0 Å². The zero-order chi connectivity index (χ0) is 22.7. The van der Waals surface area contributed by atoms with Gasteiger partial charge in [-0.3, -0.25) is 14.4 Å². The third-order valence-electron chi connectivity index (χ3n) is 5.49. The second-order valence-corrected chi connectivity index (χ2v) is 8.07. The first-order chi connectivity index (χ1) is 15.4. The molecular weight excluding hydrogens is 410 g/mol. The highest BCUT2D eigenvalue weighted by Gasteiger charge is 2.32. The van der Waals surface area contributed by atoms with E-state index in [9.17, 15) is 14.4 Å². The summed E-state index contributed by atoms with van der Waals surface area (Å²) >= 11 is 0. The molecule has 1 fully saturated rings. The van der Waals surface area contributed by atoms with Crippen molar-refractivity contribution in [3.63, 3.8) is 0 Å². The number of fused-ring (bicyclic) bond motifs is 1. The Morgan fingerprint density at radius 3 is 2.19 bits per heavy atom. The number of rotatable bonds is 4. The van der Waals surface area contributed by atoms with E-state index in [0.29, 0.717) is 42.4 Å². The van der Waals surface area contributed by atoms with E-state index in [4.69, 9.17) is 9.47 Å². The quantitative estimate of drug-likeness (QED) is 0.760. The second-order valence-electron chi connectivity index (χ2n) is 8.07. The standard InChI is InChI=1S/C24H27N3O5/c1-15(28)25-19-11-18(12-20(14-19)26-16(2)29)24(30)27-8-3-5-21(27)17-6-7-22-23(13-17)32-10-4-9-31-22/h6-7,11-14,21H,3-5,8-10H2,1-2H3,(H,25,28)(H,26,29)/t21-/m0/s1. The fourth-order valence-electron chi connectivity index (χ4n) is 4.21. The number of carbonyl (C=O) groups excluding carboxylic acids is 3. The first-order valence-electron chi connectivity index (χ1n) is 10.8. The Balaban J connectivity index is 1.63. The van der Waals surface area contributed by atoms with Crippen molar-refractivity contribution >= 4 is 29.1 Å². The van der Waals surface area contributed by atoms with E-state index >= 15 is 0 Å². The van der Waals surface area contributed by atoms with Crippen LogP contribution in [0.1, 0.15) is 55.1 Å². The molecule has 0 spiro atoms. The normalized spacial score (nSPS) is 17.4. The van der Waals surface area contributed by atoms with E-state index in [-0.39, 0.29) is 23.8 Å². The van der Waals surface area contributed by atoms with Crippen LogP contribution < -0.4 is 20.1 Å². The molecule has 2 aliphatic heterocycles. The second kappa shape index (κ2) is 9.30. The number of hydrogen-bond donors (Lipinski definition) is 2. The number of likely N-dealkylation sites (tertiary alicyclic amines) is 1. The number of carbonyl (C=O) groups is 3. The number of benzene rings is 2. The van der Waals surface area contributed by atoms with E-state index in [0.717, 1.165) is 30.6 Å². The highest BCUT2D eigenvalue weighted by atomic mass is 16.5. The van der Waals surface area contributed by atoms with Crippen LogP contribution >= 0.6 is 0 Å². The van der Waals surface area contributed by atoms with Crippen LogP contribution in [-0.4, -0.2) is 42.4 Å². The summed E-state index contributed by atoms with van der Waals surface area (Å²) in [5, 5.41) is 5.39. The number of nitrogens with zero attached hydrogens (tertiary/aromatic N) is 1. The highest BCUT2D eigenvalue weighted by Crippen LogP contribution is 2.38. The van der Waals surface area contributed by atoms with Gasteiger partial charge in [-0.05, 0) is 48.7 Å². The lowest BCUT2D eigenvalue weighted by Crippen LogP contribution is -2.30. The summed E-state index contributed by atoms with van der Waals surface area (Å²) in [7, 11) is 0. The molecule has 1 saturated heterocycles. The smallest absolute Gasteiger partial charge is 0.254 e. The molecule has 2 N–H and O–H groups in total. The fourth-order valence-corrected chi connectivity index (χ4v) is 4.21. The molecule has 0 aliphatic carbocycles. The van der Waals surface area contributed by atoms with Gasteiger partial charge < -0.3 is 25.0 Å². The van der Waals surface area contributed by atoms with Crippen LogP contribution in [0.25, 0.3) is 0 Å². The van der Waals surface area contributed by atoms with Crippen molar-refractivity contribution in [2.75, 3.05) is 30.4 Å². The van der Waals surface area contributed by atoms with E-state index < -0.39 is 0 Å². The van der Waals surface area contributed by atoms with Gasteiger partial charge in [-0.15, -0.1) is 0 Å². The van der Waals surface area contributed by atoms with E-state index in [1.807, 2.05) is 23.1 Å². The van der Waals surface area contributed by atoms with Crippen LogP contribution in [0.15, 0.2) is 36.4 Å². The largest absolute Gasteiger partial charge is 0.490 e. The molecule has 2 heterocycles. The van der Waals surface area contributed by atoms with Crippen LogP contribution in [0.4, 0.5) is 11.4 Å². The van der Waals surface area contributed by atoms with Crippen molar-refractivity contribution < 1.29 is 23.9 Å². The van der Waals surface area contributed by atoms with Gasteiger partial charge in [0.2, 0.25) is 11.8 Å². The molecule has 32 heavy (non-hydrogen) atoms. The minimum Gasteiger partial charge on any atom is -0.490 e. The molecular formula is C24H27N3O5.